The average Bonchev–Trinajstić information content (AvgIpc) is 3.51. The number of benzene rings is 3. The van der Waals surface area contributed by atoms with Crippen LogP contribution < -0.4 is 16.0 Å². The van der Waals surface area contributed by atoms with Gasteiger partial charge in [-0.3, -0.25) is 14.4 Å². The van der Waals surface area contributed by atoms with Crippen molar-refractivity contribution in [2.75, 3.05) is 29.2 Å². The van der Waals surface area contributed by atoms with E-state index < -0.39 is 76.3 Å². The van der Waals surface area contributed by atoms with Gasteiger partial charge in [0.25, 0.3) is 11.8 Å². The van der Waals surface area contributed by atoms with Crippen molar-refractivity contribution in [2.24, 2.45) is 5.92 Å². The number of rotatable bonds is 9. The molecule has 3 aromatic rings. The van der Waals surface area contributed by atoms with Crippen molar-refractivity contribution in [3.63, 3.8) is 0 Å². The summed E-state index contributed by atoms with van der Waals surface area (Å²) in [6, 6.07) is 10.1. The first-order chi connectivity index (χ1) is 20.5. The summed E-state index contributed by atoms with van der Waals surface area (Å²) in [7, 11) is 0. The number of amides is 3. The second-order valence-corrected chi connectivity index (χ2v) is 12.0. The fourth-order valence-electron chi connectivity index (χ4n) is 4.16. The van der Waals surface area contributed by atoms with Gasteiger partial charge >= 0.3 is 6.18 Å². The van der Waals surface area contributed by atoms with Gasteiger partial charge in [0.15, 0.2) is 5.82 Å². The second-order valence-electron chi connectivity index (χ2n) is 9.38. The van der Waals surface area contributed by atoms with E-state index in [-0.39, 0.29) is 21.3 Å². The molecule has 0 bridgehead atoms. The lowest BCUT2D eigenvalue weighted by molar-refractivity contribution is -0.174. The molecule has 1 aliphatic rings. The van der Waals surface area contributed by atoms with Crippen LogP contribution in [0.15, 0.2) is 48.5 Å². The van der Waals surface area contributed by atoms with E-state index in [1.165, 1.54) is 24.3 Å². The van der Waals surface area contributed by atoms with Gasteiger partial charge in [0.05, 0.1) is 32.2 Å². The van der Waals surface area contributed by atoms with Crippen molar-refractivity contribution in [3.8, 4) is 0 Å². The molecule has 1 unspecified atom stereocenters. The van der Waals surface area contributed by atoms with Gasteiger partial charge in [-0.25, -0.2) is 8.78 Å². The van der Waals surface area contributed by atoms with Crippen LogP contribution >= 0.6 is 58.0 Å². The highest BCUT2D eigenvalue weighted by molar-refractivity contribution is 6.53. The van der Waals surface area contributed by atoms with Crippen LogP contribution in [-0.4, -0.2) is 41.4 Å². The van der Waals surface area contributed by atoms with Crippen molar-refractivity contribution < 1.29 is 41.1 Å². The van der Waals surface area contributed by atoms with E-state index in [0.717, 1.165) is 6.07 Å². The van der Waals surface area contributed by atoms with Gasteiger partial charge in [-0.1, -0.05) is 40.9 Å². The third kappa shape index (κ3) is 7.85. The van der Waals surface area contributed by atoms with E-state index in [2.05, 4.69) is 15.4 Å². The summed E-state index contributed by atoms with van der Waals surface area (Å²) in [6.45, 7) is -2.90. The number of hydrogen-bond donors (Lipinski definition) is 3. The molecule has 234 valence electrons. The molecule has 4 rings (SSSR count). The van der Waals surface area contributed by atoms with Gasteiger partial charge < -0.3 is 20.7 Å². The maximum absolute atomic E-state index is 15.0. The number of halogens is 10. The summed E-state index contributed by atoms with van der Waals surface area (Å²) in [4.78, 5) is 37.9. The fourth-order valence-corrected chi connectivity index (χ4v) is 5.50. The normalized spacial score (nSPS) is 17.1. The van der Waals surface area contributed by atoms with E-state index >= 15 is 4.39 Å². The van der Waals surface area contributed by atoms with Gasteiger partial charge in [0.2, 0.25) is 5.91 Å². The quantitative estimate of drug-likeness (QED) is 0.154. The van der Waals surface area contributed by atoms with Crippen LogP contribution in [-0.2, 0) is 14.3 Å². The Morgan fingerprint density at radius 3 is 2.20 bits per heavy atom. The van der Waals surface area contributed by atoms with E-state index in [0.29, 0.717) is 16.7 Å². The molecule has 0 aromatic heterocycles. The summed E-state index contributed by atoms with van der Waals surface area (Å²) in [5.41, 5.74) is -1.21. The monoisotopic (exact) mass is 717 g/mol. The minimum absolute atomic E-state index is 0.0971. The first-order valence-corrected chi connectivity index (χ1v) is 14.1. The molecule has 3 amide bonds. The Balaban J connectivity index is 1.46. The largest absolute Gasteiger partial charge is 0.411 e. The first kappa shape index (κ1) is 34.0. The lowest BCUT2D eigenvalue weighted by atomic mass is 10.1. The van der Waals surface area contributed by atoms with Crippen molar-refractivity contribution in [1.82, 2.24) is 0 Å². The molecule has 1 fully saturated rings. The number of hydrogen-bond acceptors (Lipinski definition) is 4. The Hall–Kier alpha value is -2.87. The van der Waals surface area contributed by atoms with Crippen LogP contribution in [0.2, 0.25) is 15.1 Å². The Morgan fingerprint density at radius 2 is 1.55 bits per heavy atom. The van der Waals surface area contributed by atoms with E-state index in [1.54, 1.807) is 17.4 Å². The van der Waals surface area contributed by atoms with Gasteiger partial charge in [0, 0.05) is 11.6 Å². The molecule has 2 atom stereocenters. The molecule has 44 heavy (non-hydrogen) atoms. The topological polar surface area (TPSA) is 96.5 Å². The van der Waals surface area contributed by atoms with Crippen LogP contribution in [0.1, 0.15) is 21.8 Å². The lowest BCUT2D eigenvalue weighted by Gasteiger charge is -2.14. The Labute approximate surface area is 270 Å². The van der Waals surface area contributed by atoms with Gasteiger partial charge in [0.1, 0.15) is 29.1 Å². The highest BCUT2D eigenvalue weighted by Gasteiger charge is 2.67. The van der Waals surface area contributed by atoms with Crippen LogP contribution in [0.3, 0.4) is 0 Å². The van der Waals surface area contributed by atoms with Crippen molar-refractivity contribution in [2.45, 2.75) is 16.4 Å². The summed E-state index contributed by atoms with van der Waals surface area (Å²) < 4.78 is 68.5. The molecule has 3 aromatic carbocycles. The smallest absolute Gasteiger partial charge is 0.362 e. The standard InChI is InChI=1S/C27H17Cl5F5N3O4/c28-14-4-2-12(38-25(43)21-20(27(21,31)32)11-1-3-15(29)16(30)7-11)8-13(14)24(42)39-18-6-5-17(33)23(22(18)34)40-19(41)9-44-10-26(35,36)37/h1-8,20-21H,9-10H2,(H,38,43)(H,39,42)(H,40,41)/t20-,21?/m0/s1. The zero-order chi connectivity index (χ0) is 32.6. The summed E-state index contributed by atoms with van der Waals surface area (Å²) >= 11 is 30.9. The molecule has 1 saturated carbocycles. The minimum Gasteiger partial charge on any atom is -0.362 e. The van der Waals surface area contributed by atoms with E-state index in [4.69, 9.17) is 58.0 Å². The molecular weight excluding hydrogens is 703 g/mol. The average molecular weight is 720 g/mol. The maximum atomic E-state index is 15.0. The molecule has 0 saturated heterocycles. The molecule has 3 N–H and O–H groups in total. The summed E-state index contributed by atoms with van der Waals surface area (Å²) in [5, 5.41) is 6.95. The molecule has 0 heterocycles. The number of anilines is 3. The van der Waals surface area contributed by atoms with Crippen LogP contribution in [0.25, 0.3) is 0 Å². The molecule has 1 aliphatic carbocycles. The van der Waals surface area contributed by atoms with Crippen LogP contribution in [0.5, 0.6) is 0 Å². The SMILES string of the molecule is O=C(COCC(F)(F)F)Nc1c(F)ccc(NC(=O)c2cc(NC(=O)C3[C@H](c4ccc(Cl)c(Cl)c4)C3(Cl)Cl)ccc2Cl)c1F. The van der Waals surface area contributed by atoms with Crippen LogP contribution in [0, 0.1) is 17.6 Å². The van der Waals surface area contributed by atoms with Crippen molar-refractivity contribution >= 4 is 92.8 Å². The molecule has 7 nitrogen and oxygen atoms in total. The third-order valence-electron chi connectivity index (χ3n) is 6.22. The number of nitrogens with one attached hydrogen (secondary N) is 3. The molecular formula is C27H17Cl5F5N3O4. The van der Waals surface area contributed by atoms with Crippen LogP contribution in [0.4, 0.5) is 39.0 Å². The predicted octanol–water partition coefficient (Wildman–Crippen LogP) is 8.22. The molecule has 0 aliphatic heterocycles. The fraction of sp³-hybridized carbons (Fsp3) is 0.222. The van der Waals surface area contributed by atoms with Gasteiger partial charge in [-0.05, 0) is 48.0 Å². The first-order valence-electron chi connectivity index (χ1n) is 12.2. The molecule has 17 heteroatoms. The number of carbonyl (C=O) groups excluding carboxylic acids is 3. The minimum atomic E-state index is -4.71. The number of ether oxygens (including phenoxy) is 1. The number of carbonyl (C=O) groups is 3. The van der Waals surface area contributed by atoms with Gasteiger partial charge in [-0.2, -0.15) is 13.2 Å². The Morgan fingerprint density at radius 1 is 0.864 bits per heavy atom. The third-order valence-corrected chi connectivity index (χ3v) is 8.23. The van der Waals surface area contributed by atoms with Crippen molar-refractivity contribution in [1.29, 1.82) is 0 Å². The van der Waals surface area contributed by atoms with E-state index in [1.807, 2.05) is 0 Å². The maximum Gasteiger partial charge on any atom is 0.411 e. The highest BCUT2D eigenvalue weighted by atomic mass is 35.5. The Kier molecular flexibility index (Phi) is 10.2. The zero-order valence-electron chi connectivity index (χ0n) is 21.6. The second kappa shape index (κ2) is 13.2. The molecule has 0 spiro atoms. The summed E-state index contributed by atoms with van der Waals surface area (Å²) in [5.74, 6) is -7.11. The lowest BCUT2D eigenvalue weighted by Crippen LogP contribution is -2.25. The zero-order valence-corrected chi connectivity index (χ0v) is 25.4. The molecule has 0 radical (unpaired) electrons. The summed E-state index contributed by atoms with van der Waals surface area (Å²) in [6.07, 6.45) is -4.71. The Bertz CT molecular complexity index is 1640. The highest BCUT2D eigenvalue weighted by Crippen LogP contribution is 2.65. The predicted molar refractivity (Wildman–Crippen MR) is 157 cm³/mol. The van der Waals surface area contributed by atoms with Crippen molar-refractivity contribution in [3.05, 3.63) is 86.4 Å². The van der Waals surface area contributed by atoms with Gasteiger partial charge in [-0.15, -0.1) is 23.2 Å². The number of alkyl halides is 5. The van der Waals surface area contributed by atoms with E-state index in [9.17, 15) is 31.9 Å².